The second kappa shape index (κ2) is 7.49. The zero-order valence-electron chi connectivity index (χ0n) is 14.4. The third-order valence-electron chi connectivity index (χ3n) is 3.92. The number of aliphatic hydroxyl groups excluding tert-OH is 1. The third-order valence-corrected chi connectivity index (χ3v) is 4.91. The Bertz CT molecular complexity index is 1070. The van der Waals surface area contributed by atoms with Crippen LogP contribution in [0.3, 0.4) is 0 Å². The lowest BCUT2D eigenvalue weighted by Gasteiger charge is -2.06. The van der Waals surface area contributed by atoms with Gasteiger partial charge in [0.05, 0.1) is 16.8 Å². The smallest absolute Gasteiger partial charge is 0.343 e. The Labute approximate surface area is 153 Å². The van der Waals surface area contributed by atoms with Gasteiger partial charge in [0.2, 0.25) is 0 Å². The van der Waals surface area contributed by atoms with E-state index in [2.05, 4.69) is 15.2 Å². The number of hydrogen-bond acceptors (Lipinski definition) is 6. The predicted molar refractivity (Wildman–Crippen MR) is 99.7 cm³/mol. The van der Waals surface area contributed by atoms with Crippen LogP contribution in [0.2, 0.25) is 0 Å². The van der Waals surface area contributed by atoms with E-state index in [1.165, 1.54) is 16.3 Å². The van der Waals surface area contributed by atoms with E-state index in [1.807, 2.05) is 37.3 Å². The summed E-state index contributed by atoms with van der Waals surface area (Å²) in [5.41, 5.74) is 1.45. The van der Waals surface area contributed by atoms with Crippen LogP contribution in [0.4, 0.5) is 0 Å². The number of imidazole rings is 1. The number of aryl methyl sites for hydroxylation is 1. The van der Waals surface area contributed by atoms with Gasteiger partial charge in [-0.05, 0) is 18.6 Å². The largest absolute Gasteiger partial charge is 0.510 e. The normalized spacial score (nSPS) is 12.2. The van der Waals surface area contributed by atoms with E-state index in [-0.39, 0.29) is 22.8 Å². The molecule has 2 aromatic heterocycles. The van der Waals surface area contributed by atoms with Gasteiger partial charge in [-0.2, -0.15) is 5.26 Å². The number of thioether (sulfide) groups is 1. The highest BCUT2D eigenvalue weighted by molar-refractivity contribution is 7.99. The standard InChI is InChI=1S/C17H18N6O2S/c1-3-8-23-16(25)20-21-17(23)26-10-14(24)11(9-18)15-19-12-6-4-5-7-13(12)22(15)2/h4-7,24H,3,8,10H2,1-2H3,(H,20,25)/b14-11-. The van der Waals surface area contributed by atoms with Gasteiger partial charge in [0.1, 0.15) is 17.4 Å². The number of rotatable bonds is 6. The molecule has 134 valence electrons. The molecule has 0 atom stereocenters. The van der Waals surface area contributed by atoms with E-state index >= 15 is 0 Å². The van der Waals surface area contributed by atoms with Crippen LogP contribution in [0.25, 0.3) is 16.6 Å². The monoisotopic (exact) mass is 370 g/mol. The number of fused-ring (bicyclic) bond motifs is 1. The Balaban J connectivity index is 1.91. The number of benzene rings is 1. The molecule has 0 aliphatic heterocycles. The van der Waals surface area contributed by atoms with E-state index in [1.54, 1.807) is 11.6 Å². The molecule has 26 heavy (non-hydrogen) atoms. The van der Waals surface area contributed by atoms with E-state index in [4.69, 9.17) is 0 Å². The molecule has 0 bridgehead atoms. The number of para-hydroxylation sites is 2. The molecule has 0 unspecified atom stereocenters. The molecule has 0 fully saturated rings. The lowest BCUT2D eigenvalue weighted by molar-refractivity contribution is 0.420. The summed E-state index contributed by atoms with van der Waals surface area (Å²) < 4.78 is 3.29. The first-order valence-electron chi connectivity index (χ1n) is 8.08. The first kappa shape index (κ1) is 17.8. The van der Waals surface area contributed by atoms with Gasteiger partial charge in [-0.25, -0.2) is 14.9 Å². The van der Waals surface area contributed by atoms with Crippen molar-refractivity contribution in [3.05, 3.63) is 46.3 Å². The van der Waals surface area contributed by atoms with Crippen LogP contribution in [0.1, 0.15) is 19.2 Å². The molecular formula is C17H18N6O2S. The summed E-state index contributed by atoms with van der Waals surface area (Å²) in [4.78, 5) is 16.2. The summed E-state index contributed by atoms with van der Waals surface area (Å²) in [6.07, 6.45) is 0.790. The highest BCUT2D eigenvalue weighted by Gasteiger charge is 2.17. The van der Waals surface area contributed by atoms with Gasteiger partial charge in [-0.15, -0.1) is 5.10 Å². The lowest BCUT2D eigenvalue weighted by Crippen LogP contribution is -2.17. The number of nitrogens with one attached hydrogen (secondary N) is 1. The van der Waals surface area contributed by atoms with Crippen molar-refractivity contribution in [3.63, 3.8) is 0 Å². The Hall–Kier alpha value is -2.99. The number of H-pyrrole nitrogens is 1. The van der Waals surface area contributed by atoms with Crippen LogP contribution in [0, 0.1) is 11.3 Å². The Kier molecular flexibility index (Phi) is 5.14. The van der Waals surface area contributed by atoms with Crippen molar-refractivity contribution in [2.75, 3.05) is 5.75 Å². The molecule has 2 heterocycles. The van der Waals surface area contributed by atoms with Crippen molar-refractivity contribution in [3.8, 4) is 6.07 Å². The minimum Gasteiger partial charge on any atom is -0.510 e. The molecule has 3 aromatic rings. The second-order valence-electron chi connectivity index (χ2n) is 5.67. The Morgan fingerprint density at radius 1 is 1.42 bits per heavy atom. The minimum atomic E-state index is -0.284. The highest BCUT2D eigenvalue weighted by atomic mass is 32.2. The fraction of sp³-hybridized carbons (Fsp3) is 0.294. The van der Waals surface area contributed by atoms with Gasteiger partial charge in [0, 0.05) is 13.6 Å². The maximum Gasteiger partial charge on any atom is 0.343 e. The van der Waals surface area contributed by atoms with Gasteiger partial charge in [-0.3, -0.25) is 4.57 Å². The molecular weight excluding hydrogens is 352 g/mol. The predicted octanol–water partition coefficient (Wildman–Crippen LogP) is 2.45. The minimum absolute atomic E-state index is 0.102. The van der Waals surface area contributed by atoms with Gasteiger partial charge in [0.15, 0.2) is 11.0 Å². The summed E-state index contributed by atoms with van der Waals surface area (Å²) in [7, 11) is 1.80. The average Bonchev–Trinajstić information content (AvgIpc) is 3.16. The average molecular weight is 370 g/mol. The number of aromatic amines is 1. The van der Waals surface area contributed by atoms with Gasteiger partial charge >= 0.3 is 5.69 Å². The summed E-state index contributed by atoms with van der Waals surface area (Å²) in [5, 5.41) is 26.8. The van der Waals surface area contributed by atoms with E-state index in [9.17, 15) is 15.2 Å². The third kappa shape index (κ3) is 3.23. The molecule has 0 spiro atoms. The van der Waals surface area contributed by atoms with Crippen LogP contribution in [0.15, 0.2) is 40.0 Å². The SMILES string of the molecule is CCCn1c(SC/C(O)=C(\C#N)c2nc3ccccc3n2C)n[nH]c1=O. The molecule has 0 radical (unpaired) electrons. The molecule has 1 aromatic carbocycles. The van der Waals surface area contributed by atoms with E-state index in [0.29, 0.717) is 17.5 Å². The number of hydrogen-bond donors (Lipinski definition) is 2. The maximum atomic E-state index is 11.7. The van der Waals surface area contributed by atoms with Crippen molar-refractivity contribution in [2.45, 2.75) is 25.0 Å². The Morgan fingerprint density at radius 3 is 2.88 bits per heavy atom. The van der Waals surface area contributed by atoms with Crippen LogP contribution in [0.5, 0.6) is 0 Å². The number of aliphatic hydroxyl groups is 1. The first-order chi connectivity index (χ1) is 12.6. The molecule has 8 nitrogen and oxygen atoms in total. The molecule has 0 saturated heterocycles. The van der Waals surface area contributed by atoms with Crippen molar-refractivity contribution >= 4 is 28.4 Å². The molecule has 0 saturated carbocycles. The van der Waals surface area contributed by atoms with Crippen LogP contribution < -0.4 is 5.69 Å². The fourth-order valence-electron chi connectivity index (χ4n) is 2.65. The van der Waals surface area contributed by atoms with E-state index < -0.39 is 0 Å². The lowest BCUT2D eigenvalue weighted by atomic mass is 10.2. The Morgan fingerprint density at radius 2 is 2.19 bits per heavy atom. The summed E-state index contributed by atoms with van der Waals surface area (Å²) in [6.45, 7) is 2.50. The topological polar surface area (TPSA) is 113 Å². The van der Waals surface area contributed by atoms with Crippen LogP contribution in [-0.2, 0) is 13.6 Å². The number of nitrogens with zero attached hydrogens (tertiary/aromatic N) is 5. The van der Waals surface area contributed by atoms with Crippen molar-refractivity contribution in [1.82, 2.24) is 24.3 Å². The molecule has 3 rings (SSSR count). The maximum absolute atomic E-state index is 11.7. The first-order valence-corrected chi connectivity index (χ1v) is 9.07. The van der Waals surface area contributed by atoms with Crippen LogP contribution >= 0.6 is 11.8 Å². The van der Waals surface area contributed by atoms with Gasteiger partial charge in [-0.1, -0.05) is 30.8 Å². The summed E-state index contributed by atoms with van der Waals surface area (Å²) in [5.74, 6) is 0.411. The number of aromatic nitrogens is 5. The summed E-state index contributed by atoms with van der Waals surface area (Å²) >= 11 is 1.19. The molecule has 9 heteroatoms. The zero-order valence-corrected chi connectivity index (χ0v) is 15.2. The second-order valence-corrected chi connectivity index (χ2v) is 6.61. The quantitative estimate of drug-likeness (QED) is 0.391. The molecule has 2 N–H and O–H groups in total. The van der Waals surface area contributed by atoms with E-state index in [0.717, 1.165) is 17.5 Å². The van der Waals surface area contributed by atoms with Crippen molar-refractivity contribution in [1.29, 1.82) is 5.26 Å². The van der Waals surface area contributed by atoms with Gasteiger partial charge in [0.25, 0.3) is 0 Å². The van der Waals surface area contributed by atoms with Gasteiger partial charge < -0.3 is 9.67 Å². The highest BCUT2D eigenvalue weighted by Crippen LogP contribution is 2.25. The summed E-state index contributed by atoms with van der Waals surface area (Å²) in [6, 6.07) is 9.56. The molecule has 0 aliphatic rings. The van der Waals surface area contributed by atoms with Crippen molar-refractivity contribution < 1.29 is 5.11 Å². The fourth-order valence-corrected chi connectivity index (χ4v) is 3.50. The molecule has 0 amide bonds. The number of allylic oxidation sites excluding steroid dienone is 1. The zero-order chi connectivity index (χ0) is 18.7. The number of nitriles is 1. The molecule has 0 aliphatic carbocycles. The van der Waals surface area contributed by atoms with Crippen LogP contribution in [-0.4, -0.2) is 35.2 Å². The van der Waals surface area contributed by atoms with Crippen molar-refractivity contribution in [2.24, 2.45) is 7.05 Å².